The average Bonchev–Trinajstić information content (AvgIpc) is 3.35. The molecule has 0 aliphatic heterocycles. The highest BCUT2D eigenvalue weighted by Crippen LogP contribution is 2.31. The van der Waals surface area contributed by atoms with Crippen molar-refractivity contribution in [3.8, 4) is 22.9 Å². The number of anilines is 2. The fraction of sp³-hybridized carbons (Fsp3) is 0.167. The van der Waals surface area contributed by atoms with Crippen molar-refractivity contribution < 1.29 is 8.83 Å². The van der Waals surface area contributed by atoms with Crippen LogP contribution in [-0.4, -0.2) is 38.2 Å². The molecule has 0 amide bonds. The lowest BCUT2D eigenvalue weighted by molar-refractivity contribution is 0.618. The van der Waals surface area contributed by atoms with E-state index in [-0.39, 0.29) is 0 Å². The summed E-state index contributed by atoms with van der Waals surface area (Å²) >= 11 is 0. The van der Waals surface area contributed by atoms with Crippen LogP contribution < -0.4 is 9.80 Å². The Balaban J connectivity index is 1.50. The Kier molecular flexibility index (Phi) is 4.20. The molecule has 5 rings (SSSR count). The maximum Gasteiger partial charge on any atom is 0.227 e. The van der Waals surface area contributed by atoms with E-state index in [4.69, 9.17) is 8.83 Å². The molecule has 0 bridgehead atoms. The molecule has 2 heterocycles. The molecule has 150 valence electrons. The van der Waals surface area contributed by atoms with Gasteiger partial charge < -0.3 is 18.6 Å². The summed E-state index contributed by atoms with van der Waals surface area (Å²) in [6.07, 6.45) is 0. The number of hydrogen-bond donors (Lipinski definition) is 0. The zero-order chi connectivity index (χ0) is 20.8. The zero-order valence-electron chi connectivity index (χ0n) is 17.4. The van der Waals surface area contributed by atoms with Crippen molar-refractivity contribution in [2.75, 3.05) is 38.0 Å². The van der Waals surface area contributed by atoms with Gasteiger partial charge in [0.15, 0.2) is 11.2 Å². The lowest BCUT2D eigenvalue weighted by Gasteiger charge is -2.11. The van der Waals surface area contributed by atoms with Gasteiger partial charge in [-0.1, -0.05) is 0 Å². The van der Waals surface area contributed by atoms with Crippen LogP contribution in [-0.2, 0) is 0 Å². The standard InChI is InChI=1S/C24H22N4O2/c1-27(2)17-9-5-15(6-10-17)23-25-19-13-22-20(14-21(19)29-23)26-24(30-22)16-7-11-18(12-8-16)28(3)4/h5-14H,1-4H3. The highest BCUT2D eigenvalue weighted by molar-refractivity contribution is 5.91. The van der Waals surface area contributed by atoms with Crippen molar-refractivity contribution in [2.45, 2.75) is 0 Å². The first-order valence-electron chi connectivity index (χ1n) is 9.74. The summed E-state index contributed by atoms with van der Waals surface area (Å²) in [7, 11) is 8.06. The molecular weight excluding hydrogens is 376 g/mol. The van der Waals surface area contributed by atoms with Crippen LogP contribution >= 0.6 is 0 Å². The van der Waals surface area contributed by atoms with Crippen LogP contribution in [0.4, 0.5) is 11.4 Å². The summed E-state index contributed by atoms with van der Waals surface area (Å²) in [5.41, 5.74) is 7.00. The maximum atomic E-state index is 6.01. The molecule has 0 atom stereocenters. The van der Waals surface area contributed by atoms with Crippen LogP contribution in [0.2, 0.25) is 0 Å². The van der Waals surface area contributed by atoms with Crippen LogP contribution in [0.3, 0.4) is 0 Å². The number of rotatable bonds is 4. The van der Waals surface area contributed by atoms with E-state index in [2.05, 4.69) is 19.8 Å². The van der Waals surface area contributed by atoms with Gasteiger partial charge in [-0.2, -0.15) is 0 Å². The van der Waals surface area contributed by atoms with Gasteiger partial charge >= 0.3 is 0 Å². The van der Waals surface area contributed by atoms with E-state index in [9.17, 15) is 0 Å². The molecule has 2 aromatic heterocycles. The van der Waals surface area contributed by atoms with Gasteiger partial charge in [-0.25, -0.2) is 9.97 Å². The van der Waals surface area contributed by atoms with Gasteiger partial charge in [-0.15, -0.1) is 0 Å². The molecule has 30 heavy (non-hydrogen) atoms. The van der Waals surface area contributed by atoms with Crippen molar-refractivity contribution in [3.05, 3.63) is 60.7 Å². The number of benzene rings is 3. The SMILES string of the molecule is CN(C)c1ccc(-c2nc3cc4oc(-c5ccc(N(C)C)cc5)nc4cc3o2)cc1. The normalized spacial score (nSPS) is 11.3. The summed E-state index contributed by atoms with van der Waals surface area (Å²) in [6, 6.07) is 20.0. The van der Waals surface area contributed by atoms with E-state index in [0.717, 1.165) is 33.5 Å². The van der Waals surface area contributed by atoms with E-state index in [1.165, 1.54) is 0 Å². The van der Waals surface area contributed by atoms with Crippen molar-refractivity contribution in [1.82, 2.24) is 9.97 Å². The number of hydrogen-bond acceptors (Lipinski definition) is 6. The van der Waals surface area contributed by atoms with Gasteiger partial charge in [0.1, 0.15) is 11.0 Å². The van der Waals surface area contributed by atoms with Crippen molar-refractivity contribution in [2.24, 2.45) is 0 Å². The third-order valence-corrected chi connectivity index (χ3v) is 5.16. The third kappa shape index (κ3) is 3.16. The van der Waals surface area contributed by atoms with Gasteiger partial charge in [0, 0.05) is 62.8 Å². The second-order valence-corrected chi connectivity index (χ2v) is 7.71. The summed E-state index contributed by atoms with van der Waals surface area (Å²) < 4.78 is 12.0. The minimum absolute atomic E-state index is 0.586. The van der Waals surface area contributed by atoms with Crippen molar-refractivity contribution >= 4 is 33.6 Å². The first-order chi connectivity index (χ1) is 14.5. The molecule has 0 saturated carbocycles. The Morgan fingerprint density at radius 2 is 0.933 bits per heavy atom. The monoisotopic (exact) mass is 398 g/mol. The number of nitrogens with zero attached hydrogens (tertiary/aromatic N) is 4. The zero-order valence-corrected chi connectivity index (χ0v) is 17.4. The topological polar surface area (TPSA) is 58.5 Å². The van der Waals surface area contributed by atoms with Crippen LogP contribution in [0.5, 0.6) is 0 Å². The molecule has 0 saturated heterocycles. The molecule has 0 N–H and O–H groups in total. The number of oxazole rings is 2. The highest BCUT2D eigenvalue weighted by atomic mass is 16.4. The van der Waals surface area contributed by atoms with Gasteiger partial charge in [0.25, 0.3) is 0 Å². The molecule has 0 radical (unpaired) electrons. The van der Waals surface area contributed by atoms with Gasteiger partial charge in [0.05, 0.1) is 0 Å². The lowest BCUT2D eigenvalue weighted by Crippen LogP contribution is -2.07. The molecule has 6 heteroatoms. The van der Waals surface area contributed by atoms with E-state index in [0.29, 0.717) is 22.9 Å². The predicted molar refractivity (Wildman–Crippen MR) is 121 cm³/mol. The van der Waals surface area contributed by atoms with Crippen LogP contribution in [0.1, 0.15) is 0 Å². The van der Waals surface area contributed by atoms with E-state index >= 15 is 0 Å². The predicted octanol–water partition coefficient (Wildman–Crippen LogP) is 5.44. The number of fused-ring (bicyclic) bond motifs is 2. The summed E-state index contributed by atoms with van der Waals surface area (Å²) in [4.78, 5) is 13.4. The smallest absolute Gasteiger partial charge is 0.227 e. The number of aromatic nitrogens is 2. The Labute approximate surface area is 174 Å². The molecule has 0 aliphatic rings. The van der Waals surface area contributed by atoms with E-state index in [1.807, 2.05) is 88.9 Å². The molecule has 3 aromatic carbocycles. The first kappa shape index (κ1) is 18.2. The van der Waals surface area contributed by atoms with Crippen LogP contribution in [0.15, 0.2) is 69.5 Å². The minimum atomic E-state index is 0.586. The first-order valence-corrected chi connectivity index (χ1v) is 9.74. The molecule has 0 aliphatic carbocycles. The van der Waals surface area contributed by atoms with Gasteiger partial charge in [-0.3, -0.25) is 0 Å². The largest absolute Gasteiger partial charge is 0.436 e. The lowest BCUT2D eigenvalue weighted by atomic mass is 10.2. The quantitative estimate of drug-likeness (QED) is 0.402. The Bertz CT molecular complexity index is 1180. The fourth-order valence-electron chi connectivity index (χ4n) is 3.40. The van der Waals surface area contributed by atoms with Crippen LogP contribution in [0, 0.1) is 0 Å². The summed E-state index contributed by atoms with van der Waals surface area (Å²) in [6.45, 7) is 0. The minimum Gasteiger partial charge on any atom is -0.436 e. The molecule has 0 unspecified atom stereocenters. The molecular formula is C24H22N4O2. The van der Waals surface area contributed by atoms with Crippen molar-refractivity contribution in [1.29, 1.82) is 0 Å². The van der Waals surface area contributed by atoms with Gasteiger partial charge in [-0.05, 0) is 48.5 Å². The summed E-state index contributed by atoms with van der Waals surface area (Å²) in [5.74, 6) is 1.17. The summed E-state index contributed by atoms with van der Waals surface area (Å²) in [5, 5.41) is 0. The third-order valence-electron chi connectivity index (χ3n) is 5.16. The fourth-order valence-corrected chi connectivity index (χ4v) is 3.40. The van der Waals surface area contributed by atoms with E-state index < -0.39 is 0 Å². The molecule has 6 nitrogen and oxygen atoms in total. The van der Waals surface area contributed by atoms with Crippen molar-refractivity contribution in [3.63, 3.8) is 0 Å². The second kappa shape index (κ2) is 6.91. The molecule has 0 fully saturated rings. The van der Waals surface area contributed by atoms with Gasteiger partial charge in [0.2, 0.25) is 11.8 Å². The van der Waals surface area contributed by atoms with E-state index in [1.54, 1.807) is 0 Å². The molecule has 0 spiro atoms. The Morgan fingerprint density at radius 3 is 1.27 bits per heavy atom. The molecule has 5 aromatic rings. The Hall–Kier alpha value is -3.80. The second-order valence-electron chi connectivity index (χ2n) is 7.71. The highest BCUT2D eigenvalue weighted by Gasteiger charge is 2.14. The van der Waals surface area contributed by atoms with Crippen LogP contribution in [0.25, 0.3) is 45.1 Å². The average molecular weight is 398 g/mol. The Morgan fingerprint density at radius 1 is 0.567 bits per heavy atom. The maximum absolute atomic E-state index is 6.01.